The predicted molar refractivity (Wildman–Crippen MR) is 76.4 cm³/mol. The lowest BCUT2D eigenvalue weighted by molar-refractivity contribution is -0.384. The number of rotatable bonds is 6. The smallest absolute Gasteiger partial charge is 0.270 e. The zero-order valence-electron chi connectivity index (χ0n) is 12.0. The number of ether oxygens (including phenoxy) is 2. The third kappa shape index (κ3) is 4.34. The van der Waals surface area contributed by atoms with E-state index in [9.17, 15) is 14.9 Å². The van der Waals surface area contributed by atoms with Crippen molar-refractivity contribution in [2.75, 3.05) is 13.7 Å². The minimum atomic E-state index is -0.512. The standard InChI is InChI=1S/C15H19NO5/c1-20-13-6-3-7-14(9-13)21-10-15(17)11-4-2-5-12(8-11)16(18)19/h2,4-5,8,13-14H,3,6-7,9-10H2,1H3. The van der Waals surface area contributed by atoms with Crippen LogP contribution in [0.4, 0.5) is 5.69 Å². The van der Waals surface area contributed by atoms with Gasteiger partial charge < -0.3 is 9.47 Å². The average Bonchev–Trinajstić information content (AvgIpc) is 2.53. The van der Waals surface area contributed by atoms with Gasteiger partial charge in [0.05, 0.1) is 17.1 Å². The first-order valence-electron chi connectivity index (χ1n) is 7.02. The fourth-order valence-corrected chi connectivity index (χ4v) is 2.54. The molecule has 114 valence electrons. The average molecular weight is 293 g/mol. The van der Waals surface area contributed by atoms with Crippen molar-refractivity contribution in [3.05, 3.63) is 39.9 Å². The Balaban J connectivity index is 1.89. The fraction of sp³-hybridized carbons (Fsp3) is 0.533. The molecule has 0 saturated heterocycles. The van der Waals surface area contributed by atoms with Gasteiger partial charge in [0.15, 0.2) is 5.78 Å². The topological polar surface area (TPSA) is 78.7 Å². The monoisotopic (exact) mass is 293 g/mol. The van der Waals surface area contributed by atoms with Gasteiger partial charge in [-0.1, -0.05) is 12.1 Å². The molecule has 1 aliphatic carbocycles. The first kappa shape index (κ1) is 15.6. The number of carbonyl (C=O) groups excluding carboxylic acids is 1. The van der Waals surface area contributed by atoms with E-state index in [-0.39, 0.29) is 30.3 Å². The number of nitro groups is 1. The molecule has 1 fully saturated rings. The van der Waals surface area contributed by atoms with Gasteiger partial charge in [0, 0.05) is 24.8 Å². The van der Waals surface area contributed by atoms with Crippen molar-refractivity contribution in [3.63, 3.8) is 0 Å². The van der Waals surface area contributed by atoms with E-state index >= 15 is 0 Å². The van der Waals surface area contributed by atoms with Gasteiger partial charge in [0.25, 0.3) is 5.69 Å². The van der Waals surface area contributed by atoms with Crippen molar-refractivity contribution in [3.8, 4) is 0 Å². The number of hydrogen-bond acceptors (Lipinski definition) is 5. The normalized spacial score (nSPS) is 22.0. The Morgan fingerprint density at radius 2 is 2.14 bits per heavy atom. The molecule has 2 atom stereocenters. The molecule has 0 aromatic heterocycles. The molecule has 2 unspecified atom stereocenters. The Kier molecular flexibility index (Phi) is 5.41. The van der Waals surface area contributed by atoms with E-state index in [2.05, 4.69) is 0 Å². The summed E-state index contributed by atoms with van der Waals surface area (Å²) in [6.45, 7) is -0.0533. The van der Waals surface area contributed by atoms with Crippen LogP contribution in [0.5, 0.6) is 0 Å². The zero-order valence-corrected chi connectivity index (χ0v) is 12.0. The third-order valence-electron chi connectivity index (χ3n) is 3.74. The Bertz CT molecular complexity index is 517. The van der Waals surface area contributed by atoms with E-state index in [0.29, 0.717) is 5.56 Å². The number of Topliss-reactive ketones (excluding diaryl/α,β-unsaturated/α-hetero) is 1. The maximum Gasteiger partial charge on any atom is 0.270 e. The number of nitrogens with zero attached hydrogens (tertiary/aromatic N) is 1. The summed E-state index contributed by atoms with van der Waals surface area (Å²) in [4.78, 5) is 22.2. The van der Waals surface area contributed by atoms with Crippen LogP contribution in [0.25, 0.3) is 0 Å². The lowest BCUT2D eigenvalue weighted by Crippen LogP contribution is -2.29. The minimum absolute atomic E-state index is 0.0198. The molecule has 0 bridgehead atoms. The lowest BCUT2D eigenvalue weighted by atomic mass is 9.95. The van der Waals surface area contributed by atoms with Crippen LogP contribution in [0.1, 0.15) is 36.0 Å². The second-order valence-corrected chi connectivity index (χ2v) is 5.19. The van der Waals surface area contributed by atoms with E-state index in [0.717, 1.165) is 25.7 Å². The van der Waals surface area contributed by atoms with Gasteiger partial charge >= 0.3 is 0 Å². The van der Waals surface area contributed by atoms with E-state index in [1.54, 1.807) is 13.2 Å². The molecule has 1 saturated carbocycles. The van der Waals surface area contributed by atoms with E-state index in [1.807, 2.05) is 0 Å². The second kappa shape index (κ2) is 7.28. The van der Waals surface area contributed by atoms with Gasteiger partial charge in [-0.05, 0) is 25.7 Å². The molecule has 1 aromatic carbocycles. The molecular weight excluding hydrogens is 274 g/mol. The van der Waals surface area contributed by atoms with Crippen molar-refractivity contribution in [1.82, 2.24) is 0 Å². The molecule has 0 spiro atoms. The van der Waals surface area contributed by atoms with Gasteiger partial charge in [-0.2, -0.15) is 0 Å². The summed E-state index contributed by atoms with van der Waals surface area (Å²) in [6, 6.07) is 5.72. The van der Waals surface area contributed by atoms with Gasteiger partial charge in [0.2, 0.25) is 0 Å². The van der Waals surface area contributed by atoms with Crippen molar-refractivity contribution in [2.24, 2.45) is 0 Å². The van der Waals surface area contributed by atoms with Crippen molar-refractivity contribution in [2.45, 2.75) is 37.9 Å². The highest BCUT2D eigenvalue weighted by Crippen LogP contribution is 2.23. The number of nitro benzene ring substituents is 1. The van der Waals surface area contributed by atoms with Crippen LogP contribution in [-0.4, -0.2) is 36.6 Å². The fourth-order valence-electron chi connectivity index (χ4n) is 2.54. The highest BCUT2D eigenvalue weighted by Gasteiger charge is 2.23. The lowest BCUT2D eigenvalue weighted by Gasteiger charge is -2.27. The van der Waals surface area contributed by atoms with Crippen molar-refractivity contribution in [1.29, 1.82) is 0 Å². The van der Waals surface area contributed by atoms with Crippen LogP contribution in [-0.2, 0) is 9.47 Å². The molecule has 1 aliphatic rings. The van der Waals surface area contributed by atoms with Gasteiger partial charge in [0.1, 0.15) is 6.61 Å². The summed E-state index contributed by atoms with van der Waals surface area (Å²) < 4.78 is 10.9. The van der Waals surface area contributed by atoms with Gasteiger partial charge in [-0.25, -0.2) is 0 Å². The Hall–Kier alpha value is -1.79. The van der Waals surface area contributed by atoms with Crippen LogP contribution >= 0.6 is 0 Å². The molecule has 0 aliphatic heterocycles. The number of hydrogen-bond donors (Lipinski definition) is 0. The van der Waals surface area contributed by atoms with Crippen molar-refractivity contribution < 1.29 is 19.2 Å². The maximum absolute atomic E-state index is 12.0. The van der Waals surface area contributed by atoms with Crippen molar-refractivity contribution >= 4 is 11.5 Å². The summed E-state index contributed by atoms with van der Waals surface area (Å²) in [5.41, 5.74) is 0.223. The van der Waals surface area contributed by atoms with Gasteiger partial charge in [-0.3, -0.25) is 14.9 Å². The number of non-ortho nitro benzene ring substituents is 1. The SMILES string of the molecule is COC1CCCC(OCC(=O)c2cccc([N+](=O)[O-])c2)C1. The summed E-state index contributed by atoms with van der Waals surface area (Å²) >= 11 is 0. The summed E-state index contributed by atoms with van der Waals surface area (Å²) in [6.07, 6.45) is 3.97. The van der Waals surface area contributed by atoms with Crippen LogP contribution in [0, 0.1) is 10.1 Å². The minimum Gasteiger partial charge on any atom is -0.381 e. The molecule has 6 heteroatoms. The van der Waals surface area contributed by atoms with Crippen LogP contribution < -0.4 is 0 Å². The molecule has 0 heterocycles. The number of carbonyl (C=O) groups is 1. The summed E-state index contributed by atoms with van der Waals surface area (Å²) in [5.74, 6) is -0.238. The molecule has 21 heavy (non-hydrogen) atoms. The third-order valence-corrected chi connectivity index (χ3v) is 3.74. The Morgan fingerprint density at radius 3 is 2.86 bits per heavy atom. The molecule has 2 rings (SSSR count). The number of ketones is 1. The number of benzene rings is 1. The van der Waals surface area contributed by atoms with Crippen LogP contribution in [0.3, 0.4) is 0 Å². The van der Waals surface area contributed by atoms with E-state index in [4.69, 9.17) is 9.47 Å². The maximum atomic E-state index is 12.0. The Labute approximate surface area is 123 Å². The molecular formula is C15H19NO5. The molecule has 0 radical (unpaired) electrons. The second-order valence-electron chi connectivity index (χ2n) is 5.19. The van der Waals surface area contributed by atoms with Crippen LogP contribution in [0.15, 0.2) is 24.3 Å². The highest BCUT2D eigenvalue weighted by molar-refractivity contribution is 5.97. The van der Waals surface area contributed by atoms with Crippen LogP contribution in [0.2, 0.25) is 0 Å². The molecule has 1 aromatic rings. The summed E-state index contributed by atoms with van der Waals surface area (Å²) in [7, 11) is 1.68. The molecule has 0 N–H and O–H groups in total. The Morgan fingerprint density at radius 1 is 1.38 bits per heavy atom. The zero-order chi connectivity index (χ0) is 15.2. The first-order chi connectivity index (χ1) is 10.1. The predicted octanol–water partition coefficient (Wildman–Crippen LogP) is 2.75. The molecule has 6 nitrogen and oxygen atoms in total. The van der Waals surface area contributed by atoms with E-state index < -0.39 is 4.92 Å². The largest absolute Gasteiger partial charge is 0.381 e. The number of methoxy groups -OCH3 is 1. The highest BCUT2D eigenvalue weighted by atomic mass is 16.6. The first-order valence-corrected chi connectivity index (χ1v) is 7.02. The van der Waals surface area contributed by atoms with Gasteiger partial charge in [-0.15, -0.1) is 0 Å². The quantitative estimate of drug-likeness (QED) is 0.458. The van der Waals surface area contributed by atoms with E-state index in [1.165, 1.54) is 18.2 Å². The molecule has 0 amide bonds. The summed E-state index contributed by atoms with van der Waals surface area (Å²) in [5, 5.41) is 10.7.